The minimum Gasteiger partial charge on any atom is -0.374 e. The molecule has 2 rings (SSSR count). The number of benzene rings is 1. The quantitative estimate of drug-likeness (QED) is 0.640. The molecule has 19 heavy (non-hydrogen) atoms. The molecule has 4 nitrogen and oxygen atoms in total. The topological polar surface area (TPSA) is 60.2 Å². The van der Waals surface area contributed by atoms with Gasteiger partial charge in [0.15, 0.2) is 0 Å². The molecule has 0 aliphatic carbocycles. The summed E-state index contributed by atoms with van der Waals surface area (Å²) in [5.41, 5.74) is 3.52. The maximum atomic E-state index is 5.82. The molecule has 4 heteroatoms. The SMILES string of the molecule is CCOC(C)(C)C(NN)c1cncc2ccccc12. The van der Waals surface area contributed by atoms with Gasteiger partial charge in [-0.25, -0.2) is 0 Å². The van der Waals surface area contributed by atoms with E-state index >= 15 is 0 Å². The summed E-state index contributed by atoms with van der Waals surface area (Å²) in [6, 6.07) is 8.04. The molecule has 1 atom stereocenters. The third-order valence-corrected chi connectivity index (χ3v) is 3.39. The van der Waals surface area contributed by atoms with Crippen molar-refractivity contribution in [1.29, 1.82) is 0 Å². The molecule has 2 aromatic rings. The maximum Gasteiger partial charge on any atom is 0.0833 e. The van der Waals surface area contributed by atoms with Crippen LogP contribution in [0.1, 0.15) is 32.4 Å². The largest absolute Gasteiger partial charge is 0.374 e. The van der Waals surface area contributed by atoms with Crippen molar-refractivity contribution in [3.05, 3.63) is 42.2 Å². The Kier molecular flexibility index (Phi) is 4.14. The molecule has 1 unspecified atom stereocenters. The van der Waals surface area contributed by atoms with E-state index in [0.29, 0.717) is 6.61 Å². The van der Waals surface area contributed by atoms with Gasteiger partial charge in [0.25, 0.3) is 0 Å². The first-order chi connectivity index (χ1) is 9.10. The van der Waals surface area contributed by atoms with Gasteiger partial charge in [0, 0.05) is 24.4 Å². The highest BCUT2D eigenvalue weighted by atomic mass is 16.5. The van der Waals surface area contributed by atoms with Gasteiger partial charge in [0.2, 0.25) is 0 Å². The fourth-order valence-corrected chi connectivity index (χ4v) is 2.49. The van der Waals surface area contributed by atoms with E-state index < -0.39 is 5.60 Å². The van der Waals surface area contributed by atoms with Crippen molar-refractivity contribution in [2.75, 3.05) is 6.61 Å². The van der Waals surface area contributed by atoms with Crippen LogP contribution < -0.4 is 11.3 Å². The van der Waals surface area contributed by atoms with E-state index in [4.69, 9.17) is 10.6 Å². The van der Waals surface area contributed by atoms with Crippen LogP contribution in [-0.4, -0.2) is 17.2 Å². The van der Waals surface area contributed by atoms with Gasteiger partial charge in [-0.05, 0) is 31.7 Å². The van der Waals surface area contributed by atoms with Crippen LogP contribution in [0.4, 0.5) is 0 Å². The average molecular weight is 259 g/mol. The molecule has 0 amide bonds. The third-order valence-electron chi connectivity index (χ3n) is 3.39. The Morgan fingerprint density at radius 3 is 2.74 bits per heavy atom. The molecule has 1 aromatic heterocycles. The number of pyridine rings is 1. The molecule has 3 N–H and O–H groups in total. The minimum atomic E-state index is -0.407. The Balaban J connectivity index is 2.52. The fraction of sp³-hybridized carbons (Fsp3) is 0.400. The van der Waals surface area contributed by atoms with Crippen LogP contribution in [0.2, 0.25) is 0 Å². The monoisotopic (exact) mass is 259 g/mol. The molecule has 1 aromatic carbocycles. The van der Waals surface area contributed by atoms with Gasteiger partial charge < -0.3 is 4.74 Å². The molecule has 0 spiro atoms. The van der Waals surface area contributed by atoms with Crippen molar-refractivity contribution in [2.45, 2.75) is 32.4 Å². The van der Waals surface area contributed by atoms with Crippen LogP contribution in [0.3, 0.4) is 0 Å². The van der Waals surface area contributed by atoms with Crippen LogP contribution >= 0.6 is 0 Å². The second kappa shape index (κ2) is 5.65. The fourth-order valence-electron chi connectivity index (χ4n) is 2.49. The smallest absolute Gasteiger partial charge is 0.0833 e. The number of hydrogen-bond donors (Lipinski definition) is 2. The molecular formula is C15H21N3O. The Labute approximate surface area is 113 Å². The normalized spacial score (nSPS) is 13.7. The molecular weight excluding hydrogens is 238 g/mol. The van der Waals surface area contributed by atoms with E-state index in [9.17, 15) is 0 Å². The van der Waals surface area contributed by atoms with Crippen LogP contribution in [0, 0.1) is 0 Å². The number of ether oxygens (including phenoxy) is 1. The molecule has 102 valence electrons. The van der Waals surface area contributed by atoms with Crippen LogP contribution in [0.15, 0.2) is 36.7 Å². The Morgan fingerprint density at radius 2 is 2.05 bits per heavy atom. The number of rotatable bonds is 5. The summed E-state index contributed by atoms with van der Waals surface area (Å²) in [5, 5.41) is 2.25. The van der Waals surface area contributed by atoms with Gasteiger partial charge in [-0.15, -0.1) is 0 Å². The molecule has 0 saturated carbocycles. The first-order valence-corrected chi connectivity index (χ1v) is 6.53. The lowest BCUT2D eigenvalue weighted by Gasteiger charge is -2.34. The van der Waals surface area contributed by atoms with Crippen LogP contribution in [0.5, 0.6) is 0 Å². The van der Waals surface area contributed by atoms with Gasteiger partial charge in [-0.2, -0.15) is 0 Å². The van der Waals surface area contributed by atoms with Crippen molar-refractivity contribution in [1.82, 2.24) is 10.4 Å². The maximum absolute atomic E-state index is 5.82. The van der Waals surface area contributed by atoms with E-state index in [0.717, 1.165) is 16.3 Å². The first-order valence-electron chi connectivity index (χ1n) is 6.53. The highest BCUT2D eigenvalue weighted by Crippen LogP contribution is 2.32. The van der Waals surface area contributed by atoms with E-state index in [1.54, 1.807) is 0 Å². The first kappa shape index (κ1) is 13.9. The van der Waals surface area contributed by atoms with E-state index in [1.165, 1.54) is 0 Å². The number of nitrogens with zero attached hydrogens (tertiary/aromatic N) is 1. The standard InChI is InChI=1S/C15H21N3O/c1-4-19-15(2,3)14(18-16)13-10-17-9-11-7-5-6-8-12(11)13/h5-10,14,18H,4,16H2,1-3H3. The Hall–Kier alpha value is -1.49. The third kappa shape index (κ3) is 2.76. The number of nitrogens with one attached hydrogen (secondary N) is 1. The summed E-state index contributed by atoms with van der Waals surface area (Å²) in [4.78, 5) is 4.30. The summed E-state index contributed by atoms with van der Waals surface area (Å²) in [6.45, 7) is 6.69. The predicted molar refractivity (Wildman–Crippen MR) is 77.5 cm³/mol. The summed E-state index contributed by atoms with van der Waals surface area (Å²) in [6.07, 6.45) is 3.72. The van der Waals surface area contributed by atoms with Gasteiger partial charge >= 0.3 is 0 Å². The average Bonchev–Trinajstić information content (AvgIpc) is 2.39. The van der Waals surface area contributed by atoms with E-state index in [1.807, 2.05) is 51.4 Å². The molecule has 0 fully saturated rings. The second-order valence-electron chi connectivity index (χ2n) is 5.09. The zero-order valence-electron chi connectivity index (χ0n) is 11.7. The number of hydrazine groups is 1. The van der Waals surface area contributed by atoms with Gasteiger partial charge in [0.1, 0.15) is 0 Å². The highest BCUT2D eigenvalue weighted by Gasteiger charge is 2.31. The summed E-state index contributed by atoms with van der Waals surface area (Å²) < 4.78 is 5.82. The van der Waals surface area contributed by atoms with Crippen LogP contribution in [0.25, 0.3) is 10.8 Å². The number of aromatic nitrogens is 1. The van der Waals surface area contributed by atoms with Crippen molar-refractivity contribution < 1.29 is 4.74 Å². The molecule has 0 aliphatic rings. The predicted octanol–water partition coefficient (Wildman–Crippen LogP) is 2.55. The lowest BCUT2D eigenvalue weighted by Crippen LogP contribution is -2.44. The zero-order chi connectivity index (χ0) is 13.9. The molecule has 0 aliphatic heterocycles. The highest BCUT2D eigenvalue weighted by molar-refractivity contribution is 5.85. The van der Waals surface area contributed by atoms with Gasteiger partial charge in [0.05, 0.1) is 11.6 Å². The lowest BCUT2D eigenvalue weighted by atomic mass is 9.90. The number of hydrogen-bond acceptors (Lipinski definition) is 4. The molecule has 1 heterocycles. The summed E-state index contributed by atoms with van der Waals surface area (Å²) in [5.74, 6) is 5.75. The van der Waals surface area contributed by atoms with Crippen molar-refractivity contribution >= 4 is 10.8 Å². The van der Waals surface area contributed by atoms with Crippen molar-refractivity contribution in [3.63, 3.8) is 0 Å². The molecule has 0 radical (unpaired) electrons. The zero-order valence-corrected chi connectivity index (χ0v) is 11.7. The molecule has 0 bridgehead atoms. The number of fused-ring (bicyclic) bond motifs is 1. The van der Waals surface area contributed by atoms with Crippen molar-refractivity contribution in [3.8, 4) is 0 Å². The summed E-state index contributed by atoms with van der Waals surface area (Å²) in [7, 11) is 0. The Bertz CT molecular complexity index is 549. The van der Waals surface area contributed by atoms with Gasteiger partial charge in [-0.1, -0.05) is 24.3 Å². The minimum absolute atomic E-state index is 0.119. The second-order valence-corrected chi connectivity index (χ2v) is 5.09. The molecule has 0 saturated heterocycles. The Morgan fingerprint density at radius 1 is 1.32 bits per heavy atom. The van der Waals surface area contributed by atoms with Crippen molar-refractivity contribution in [2.24, 2.45) is 5.84 Å². The van der Waals surface area contributed by atoms with E-state index in [2.05, 4.69) is 16.5 Å². The lowest BCUT2D eigenvalue weighted by molar-refractivity contribution is -0.0390. The van der Waals surface area contributed by atoms with Crippen LogP contribution in [-0.2, 0) is 4.74 Å². The van der Waals surface area contributed by atoms with E-state index in [-0.39, 0.29) is 6.04 Å². The van der Waals surface area contributed by atoms with Gasteiger partial charge in [-0.3, -0.25) is 16.3 Å². The summed E-state index contributed by atoms with van der Waals surface area (Å²) >= 11 is 0. The number of nitrogens with two attached hydrogens (primary N) is 1.